The largest absolute Gasteiger partial charge is 0.497 e. The first-order valence-corrected chi connectivity index (χ1v) is 8.94. The minimum Gasteiger partial charge on any atom is -0.497 e. The molecule has 0 atom stereocenters. The van der Waals surface area contributed by atoms with Crippen molar-refractivity contribution >= 4 is 17.9 Å². The molecule has 0 aliphatic heterocycles. The molecule has 0 saturated carbocycles. The third-order valence-corrected chi connectivity index (χ3v) is 4.25. The van der Waals surface area contributed by atoms with Gasteiger partial charge in [-0.3, -0.25) is 14.5 Å². The third-order valence-electron chi connectivity index (χ3n) is 4.25. The van der Waals surface area contributed by atoms with Gasteiger partial charge >= 0.3 is 0 Å². The molecule has 0 unspecified atom stereocenters. The van der Waals surface area contributed by atoms with Gasteiger partial charge in [-0.1, -0.05) is 60.7 Å². The quantitative estimate of drug-likeness (QED) is 0.596. The Labute approximate surface area is 164 Å². The van der Waals surface area contributed by atoms with Crippen molar-refractivity contribution in [1.29, 1.82) is 0 Å². The highest BCUT2D eigenvalue weighted by molar-refractivity contribution is 6.09. The average molecular weight is 371 g/mol. The van der Waals surface area contributed by atoms with E-state index in [9.17, 15) is 9.59 Å². The number of ether oxygens (including phenoxy) is 1. The van der Waals surface area contributed by atoms with Gasteiger partial charge in [0.1, 0.15) is 5.75 Å². The first-order valence-electron chi connectivity index (χ1n) is 8.94. The summed E-state index contributed by atoms with van der Waals surface area (Å²) < 4.78 is 5.14. The SMILES string of the molecule is COc1ccc(C(=O)N(Cc2ccccc2)C(=O)/C=C/c2ccccc2)cc1. The Morgan fingerprint density at radius 3 is 2.07 bits per heavy atom. The van der Waals surface area contributed by atoms with Gasteiger partial charge in [-0.15, -0.1) is 0 Å². The van der Waals surface area contributed by atoms with Crippen LogP contribution in [0, 0.1) is 0 Å². The molecule has 0 bridgehead atoms. The normalized spacial score (nSPS) is 10.6. The molecule has 3 aromatic carbocycles. The zero-order valence-electron chi connectivity index (χ0n) is 15.6. The topological polar surface area (TPSA) is 46.6 Å². The van der Waals surface area contributed by atoms with Crippen LogP contribution in [0.5, 0.6) is 5.75 Å². The number of nitrogens with zero attached hydrogens (tertiary/aromatic N) is 1. The molecule has 3 rings (SSSR count). The molecular formula is C24H21NO3. The van der Waals surface area contributed by atoms with Crippen molar-refractivity contribution in [2.45, 2.75) is 6.54 Å². The predicted octanol–water partition coefficient (Wildman–Crippen LogP) is 4.58. The van der Waals surface area contributed by atoms with E-state index < -0.39 is 0 Å². The van der Waals surface area contributed by atoms with Crippen LogP contribution in [0.2, 0.25) is 0 Å². The van der Waals surface area contributed by atoms with E-state index in [1.807, 2.05) is 60.7 Å². The zero-order chi connectivity index (χ0) is 19.8. The Morgan fingerprint density at radius 2 is 1.46 bits per heavy atom. The molecule has 0 aromatic heterocycles. The molecule has 4 nitrogen and oxygen atoms in total. The molecule has 0 aliphatic carbocycles. The second kappa shape index (κ2) is 9.33. The Morgan fingerprint density at radius 1 is 0.857 bits per heavy atom. The van der Waals surface area contributed by atoms with Crippen molar-refractivity contribution in [1.82, 2.24) is 4.90 Å². The second-order valence-corrected chi connectivity index (χ2v) is 6.19. The predicted molar refractivity (Wildman–Crippen MR) is 110 cm³/mol. The number of imide groups is 1. The van der Waals surface area contributed by atoms with Gasteiger partial charge in [-0.25, -0.2) is 0 Å². The lowest BCUT2D eigenvalue weighted by Gasteiger charge is -2.20. The molecule has 0 spiro atoms. The number of hydrogen-bond acceptors (Lipinski definition) is 3. The van der Waals surface area contributed by atoms with E-state index in [0.717, 1.165) is 11.1 Å². The summed E-state index contributed by atoms with van der Waals surface area (Å²) in [6.07, 6.45) is 3.14. The minimum atomic E-state index is -0.367. The highest BCUT2D eigenvalue weighted by atomic mass is 16.5. The number of rotatable bonds is 6. The van der Waals surface area contributed by atoms with E-state index in [2.05, 4.69) is 0 Å². The molecule has 0 fully saturated rings. The average Bonchev–Trinajstić information content (AvgIpc) is 2.77. The fraction of sp³-hybridized carbons (Fsp3) is 0.0833. The maximum atomic E-state index is 13.0. The molecule has 0 radical (unpaired) electrons. The molecule has 0 aliphatic rings. The van der Waals surface area contributed by atoms with Crippen LogP contribution in [0.3, 0.4) is 0 Å². The Balaban J connectivity index is 1.86. The molecular weight excluding hydrogens is 350 g/mol. The highest BCUT2D eigenvalue weighted by Crippen LogP contribution is 2.16. The van der Waals surface area contributed by atoms with E-state index in [1.165, 1.54) is 11.0 Å². The number of amides is 2. The summed E-state index contributed by atoms with van der Waals surface area (Å²) in [7, 11) is 1.57. The number of carbonyl (C=O) groups excluding carboxylic acids is 2. The molecule has 140 valence electrons. The van der Waals surface area contributed by atoms with Crippen molar-refractivity contribution in [3.63, 3.8) is 0 Å². The fourth-order valence-electron chi connectivity index (χ4n) is 2.73. The van der Waals surface area contributed by atoms with Gasteiger partial charge in [-0.2, -0.15) is 0 Å². The van der Waals surface area contributed by atoms with Gasteiger partial charge in [0.15, 0.2) is 0 Å². The van der Waals surface area contributed by atoms with Crippen LogP contribution >= 0.6 is 0 Å². The van der Waals surface area contributed by atoms with Crippen LogP contribution in [0.1, 0.15) is 21.5 Å². The Hall–Kier alpha value is -3.66. The number of carbonyl (C=O) groups is 2. The number of benzene rings is 3. The lowest BCUT2D eigenvalue weighted by Crippen LogP contribution is -2.35. The smallest absolute Gasteiger partial charge is 0.261 e. The monoisotopic (exact) mass is 371 g/mol. The highest BCUT2D eigenvalue weighted by Gasteiger charge is 2.21. The van der Waals surface area contributed by atoms with Crippen LogP contribution < -0.4 is 4.74 Å². The first kappa shape index (κ1) is 19.1. The van der Waals surface area contributed by atoms with Crippen molar-refractivity contribution in [2.24, 2.45) is 0 Å². The molecule has 0 N–H and O–H groups in total. The summed E-state index contributed by atoms with van der Waals surface area (Å²) in [5.41, 5.74) is 2.21. The van der Waals surface area contributed by atoms with E-state index in [4.69, 9.17) is 4.74 Å². The summed E-state index contributed by atoms with van der Waals surface area (Å²) >= 11 is 0. The van der Waals surface area contributed by atoms with Gasteiger partial charge in [0.25, 0.3) is 11.8 Å². The van der Waals surface area contributed by atoms with Crippen molar-refractivity contribution in [3.8, 4) is 5.75 Å². The fourth-order valence-corrected chi connectivity index (χ4v) is 2.73. The molecule has 3 aromatic rings. The molecule has 2 amide bonds. The van der Waals surface area contributed by atoms with Crippen molar-refractivity contribution in [3.05, 3.63) is 108 Å². The standard InChI is InChI=1S/C24H21NO3/c1-28-22-15-13-21(14-16-22)24(27)25(18-20-10-6-3-7-11-20)23(26)17-12-19-8-4-2-5-9-19/h2-17H,18H2,1H3/b17-12+. The lowest BCUT2D eigenvalue weighted by molar-refractivity contribution is -0.124. The van der Waals surface area contributed by atoms with Gasteiger partial charge < -0.3 is 4.74 Å². The zero-order valence-corrected chi connectivity index (χ0v) is 15.6. The van der Waals surface area contributed by atoms with Crippen LogP contribution in [-0.4, -0.2) is 23.8 Å². The maximum absolute atomic E-state index is 13.0. The van der Waals surface area contributed by atoms with E-state index in [-0.39, 0.29) is 18.4 Å². The van der Waals surface area contributed by atoms with Crippen LogP contribution in [0.4, 0.5) is 0 Å². The minimum absolute atomic E-state index is 0.198. The lowest BCUT2D eigenvalue weighted by atomic mass is 10.1. The van der Waals surface area contributed by atoms with Gasteiger partial charge in [0.05, 0.1) is 13.7 Å². The maximum Gasteiger partial charge on any atom is 0.261 e. The van der Waals surface area contributed by atoms with Crippen molar-refractivity contribution < 1.29 is 14.3 Å². The number of hydrogen-bond donors (Lipinski definition) is 0. The molecule has 4 heteroatoms. The summed E-state index contributed by atoms with van der Waals surface area (Å²) in [5.74, 6) is -0.0656. The van der Waals surface area contributed by atoms with E-state index >= 15 is 0 Å². The molecule has 0 heterocycles. The Bertz CT molecular complexity index is 948. The second-order valence-electron chi connectivity index (χ2n) is 6.19. The van der Waals surface area contributed by atoms with E-state index in [1.54, 1.807) is 37.5 Å². The Kier molecular flexibility index (Phi) is 6.37. The van der Waals surface area contributed by atoms with Crippen LogP contribution in [0.25, 0.3) is 6.08 Å². The van der Waals surface area contributed by atoms with E-state index in [0.29, 0.717) is 11.3 Å². The summed E-state index contributed by atoms with van der Waals surface area (Å²) in [5, 5.41) is 0. The summed E-state index contributed by atoms with van der Waals surface area (Å²) in [4.78, 5) is 27.1. The first-order chi connectivity index (χ1) is 13.7. The molecule has 28 heavy (non-hydrogen) atoms. The van der Waals surface area contributed by atoms with Gasteiger partial charge in [0.2, 0.25) is 0 Å². The summed E-state index contributed by atoms with van der Waals surface area (Å²) in [6.45, 7) is 0.198. The van der Waals surface area contributed by atoms with Gasteiger partial charge in [0, 0.05) is 11.6 Å². The number of methoxy groups -OCH3 is 1. The molecule has 0 saturated heterocycles. The van der Waals surface area contributed by atoms with Crippen LogP contribution in [-0.2, 0) is 11.3 Å². The third kappa shape index (κ3) is 4.95. The summed E-state index contributed by atoms with van der Waals surface area (Å²) in [6, 6.07) is 25.7. The van der Waals surface area contributed by atoms with Crippen LogP contribution in [0.15, 0.2) is 91.0 Å². The van der Waals surface area contributed by atoms with Gasteiger partial charge in [-0.05, 0) is 41.5 Å². The van der Waals surface area contributed by atoms with Crippen molar-refractivity contribution in [2.75, 3.05) is 7.11 Å².